The van der Waals surface area contributed by atoms with Crippen LogP contribution in [0.4, 0.5) is 0 Å². The molecule has 0 radical (unpaired) electrons. The Morgan fingerprint density at radius 1 is 1.36 bits per heavy atom. The van der Waals surface area contributed by atoms with Crippen LogP contribution < -0.4 is 5.32 Å². The molecule has 0 bridgehead atoms. The van der Waals surface area contributed by atoms with Gasteiger partial charge >= 0.3 is 5.97 Å². The lowest BCUT2D eigenvalue weighted by molar-refractivity contribution is -0.144. The molecule has 3 heterocycles. The van der Waals surface area contributed by atoms with Crippen LogP contribution >= 0.6 is 28.6 Å². The van der Waals surface area contributed by atoms with E-state index in [2.05, 4.69) is 49.1 Å². The van der Waals surface area contributed by atoms with E-state index in [4.69, 9.17) is 4.74 Å². The van der Waals surface area contributed by atoms with Gasteiger partial charge in [0.05, 0.1) is 16.8 Å². The molecule has 0 unspecified atom stereocenters. The highest BCUT2D eigenvalue weighted by Gasteiger charge is 2.23. The summed E-state index contributed by atoms with van der Waals surface area (Å²) in [4.78, 5) is 28.7. The Morgan fingerprint density at radius 3 is 2.79 bits per heavy atom. The van der Waals surface area contributed by atoms with Crippen molar-refractivity contribution in [1.82, 2.24) is 29.7 Å². The van der Waals surface area contributed by atoms with Gasteiger partial charge < -0.3 is 10.1 Å². The Labute approximate surface area is 175 Å². The first-order chi connectivity index (χ1) is 13.5. The molecular weight excluding hydrogens is 448 g/mol. The Kier molecular flexibility index (Phi) is 6.35. The quantitative estimate of drug-likeness (QED) is 0.407. The van der Waals surface area contributed by atoms with Gasteiger partial charge in [-0.15, -0.1) is 0 Å². The molecule has 0 fully saturated rings. The van der Waals surface area contributed by atoms with Crippen molar-refractivity contribution in [2.24, 2.45) is 0 Å². The number of nitrogens with one attached hydrogen (secondary N) is 1. The van der Waals surface area contributed by atoms with E-state index >= 15 is 0 Å². The topological polar surface area (TPSA) is 103 Å². The lowest BCUT2D eigenvalue weighted by atomic mass is 10.3. The maximum absolute atomic E-state index is 12.6. The first kappa shape index (κ1) is 20.3. The number of carbonyl (C=O) groups is 2. The molecule has 0 aliphatic heterocycles. The molecular formula is C17H19BrN6O3S. The van der Waals surface area contributed by atoms with Gasteiger partial charge in [0.25, 0.3) is 5.91 Å². The number of aryl methyl sites for hydroxylation is 1. The number of aromatic nitrogens is 5. The number of halogens is 1. The van der Waals surface area contributed by atoms with Gasteiger partial charge in [-0.05, 0) is 35.8 Å². The van der Waals surface area contributed by atoms with Crippen molar-refractivity contribution in [3.63, 3.8) is 0 Å². The van der Waals surface area contributed by atoms with E-state index in [9.17, 15) is 9.59 Å². The number of amides is 1. The van der Waals surface area contributed by atoms with Crippen LogP contribution in [0, 0.1) is 0 Å². The normalized spacial score (nSPS) is 12.1. The van der Waals surface area contributed by atoms with Crippen LogP contribution in [0.5, 0.6) is 0 Å². The number of nitrogens with zero attached hydrogens (tertiary/aromatic N) is 5. The maximum atomic E-state index is 12.6. The number of rotatable bonds is 7. The molecule has 1 N–H and O–H groups in total. The Hall–Kier alpha value is -2.40. The predicted octanol–water partition coefficient (Wildman–Crippen LogP) is 1.97. The van der Waals surface area contributed by atoms with Crippen molar-refractivity contribution < 1.29 is 14.3 Å². The second-order valence-electron chi connectivity index (χ2n) is 5.77. The van der Waals surface area contributed by atoms with E-state index in [-0.39, 0.29) is 18.1 Å². The summed E-state index contributed by atoms with van der Waals surface area (Å²) in [7, 11) is 0. The smallest absolute Gasteiger partial charge is 0.329 e. The van der Waals surface area contributed by atoms with Crippen molar-refractivity contribution in [2.75, 3.05) is 12.4 Å². The molecule has 3 aromatic rings. The molecule has 9 nitrogen and oxygen atoms in total. The van der Waals surface area contributed by atoms with E-state index in [0.29, 0.717) is 17.0 Å². The molecule has 3 aromatic heterocycles. The minimum atomic E-state index is -0.859. The highest BCUT2D eigenvalue weighted by Crippen LogP contribution is 2.26. The third-order valence-electron chi connectivity index (χ3n) is 3.93. The van der Waals surface area contributed by atoms with Crippen molar-refractivity contribution >= 4 is 46.1 Å². The van der Waals surface area contributed by atoms with Gasteiger partial charge in [0.1, 0.15) is 11.7 Å². The molecule has 28 heavy (non-hydrogen) atoms. The standard InChI is InChI=1S/C17H19BrN6O3S/c1-3-23-8-10(18)15(22-23)13-5-6-19-14-7-11(21-24(13)14)16(25)20-12(9-28)17(26)27-4-2/h5-8,12,28H,3-4,9H2,1-2H3,(H,20,25)/t12-/m0/s1. The number of thiol groups is 1. The van der Waals surface area contributed by atoms with Gasteiger partial charge in [-0.25, -0.2) is 14.3 Å². The number of esters is 1. The zero-order chi connectivity index (χ0) is 20.3. The fourth-order valence-corrected chi connectivity index (χ4v) is 3.33. The van der Waals surface area contributed by atoms with Crippen LogP contribution in [-0.4, -0.2) is 54.7 Å². The second kappa shape index (κ2) is 8.74. The van der Waals surface area contributed by atoms with Crippen molar-refractivity contribution in [3.8, 4) is 11.4 Å². The van der Waals surface area contributed by atoms with E-state index in [1.807, 2.05) is 13.1 Å². The highest BCUT2D eigenvalue weighted by molar-refractivity contribution is 9.10. The summed E-state index contributed by atoms with van der Waals surface area (Å²) in [6, 6.07) is 2.45. The van der Waals surface area contributed by atoms with Gasteiger partial charge in [0.15, 0.2) is 11.3 Å². The molecule has 0 aromatic carbocycles. The van der Waals surface area contributed by atoms with Crippen LogP contribution in [0.3, 0.4) is 0 Å². The van der Waals surface area contributed by atoms with E-state index in [1.54, 1.807) is 34.5 Å². The SMILES string of the molecule is CCOC(=O)[C@H](CS)NC(=O)c1cc2nccc(-c3nn(CC)cc3Br)n2n1. The van der Waals surface area contributed by atoms with E-state index < -0.39 is 17.9 Å². The second-order valence-corrected chi connectivity index (χ2v) is 6.99. The van der Waals surface area contributed by atoms with Crippen LogP contribution in [0.25, 0.3) is 17.0 Å². The van der Waals surface area contributed by atoms with Gasteiger partial charge in [-0.2, -0.15) is 22.8 Å². The predicted molar refractivity (Wildman–Crippen MR) is 109 cm³/mol. The van der Waals surface area contributed by atoms with Crippen LogP contribution in [0.15, 0.2) is 29.0 Å². The Balaban J connectivity index is 1.93. The maximum Gasteiger partial charge on any atom is 0.329 e. The average Bonchev–Trinajstić information content (AvgIpc) is 3.29. The number of hydrogen-bond acceptors (Lipinski definition) is 7. The average molecular weight is 467 g/mol. The lowest BCUT2D eigenvalue weighted by Gasteiger charge is -2.13. The first-order valence-electron chi connectivity index (χ1n) is 8.64. The molecule has 3 rings (SSSR count). The molecule has 1 atom stereocenters. The van der Waals surface area contributed by atoms with Gasteiger partial charge in [-0.1, -0.05) is 0 Å². The fourth-order valence-electron chi connectivity index (χ4n) is 2.57. The molecule has 0 aliphatic carbocycles. The minimum Gasteiger partial charge on any atom is -0.464 e. The monoisotopic (exact) mass is 466 g/mol. The summed E-state index contributed by atoms with van der Waals surface area (Å²) in [6.07, 6.45) is 3.50. The van der Waals surface area contributed by atoms with Gasteiger partial charge in [0.2, 0.25) is 0 Å². The number of hydrogen-bond donors (Lipinski definition) is 2. The van der Waals surface area contributed by atoms with Gasteiger partial charge in [0, 0.05) is 30.8 Å². The van der Waals surface area contributed by atoms with E-state index in [1.165, 1.54) is 0 Å². The highest BCUT2D eigenvalue weighted by atomic mass is 79.9. The summed E-state index contributed by atoms with van der Waals surface area (Å²) in [5.41, 5.74) is 1.98. The van der Waals surface area contributed by atoms with E-state index in [0.717, 1.165) is 11.0 Å². The molecule has 1 amide bonds. The van der Waals surface area contributed by atoms with Crippen molar-refractivity contribution in [1.29, 1.82) is 0 Å². The number of carbonyl (C=O) groups excluding carboxylic acids is 2. The van der Waals surface area contributed by atoms with Crippen molar-refractivity contribution in [2.45, 2.75) is 26.4 Å². The Morgan fingerprint density at radius 2 is 2.14 bits per heavy atom. The Bertz CT molecular complexity index is 1020. The third-order valence-corrected chi connectivity index (χ3v) is 4.88. The molecule has 0 saturated carbocycles. The zero-order valence-electron chi connectivity index (χ0n) is 15.3. The summed E-state index contributed by atoms with van der Waals surface area (Å²) in [5.74, 6) is -0.938. The number of fused-ring (bicyclic) bond motifs is 1. The largest absolute Gasteiger partial charge is 0.464 e. The van der Waals surface area contributed by atoms with Gasteiger partial charge in [-0.3, -0.25) is 9.48 Å². The molecule has 0 spiro atoms. The summed E-state index contributed by atoms with van der Waals surface area (Å²) in [6.45, 7) is 4.63. The minimum absolute atomic E-state index is 0.114. The summed E-state index contributed by atoms with van der Waals surface area (Å²) < 4.78 is 9.08. The molecule has 148 valence electrons. The lowest BCUT2D eigenvalue weighted by Crippen LogP contribution is -2.43. The number of ether oxygens (including phenoxy) is 1. The fraction of sp³-hybridized carbons (Fsp3) is 0.353. The van der Waals surface area contributed by atoms with Crippen molar-refractivity contribution in [3.05, 3.63) is 34.7 Å². The summed E-state index contributed by atoms with van der Waals surface area (Å²) in [5, 5.41) is 11.5. The van der Waals surface area contributed by atoms with Crippen LogP contribution in [0.2, 0.25) is 0 Å². The summed E-state index contributed by atoms with van der Waals surface area (Å²) >= 11 is 7.61. The molecule has 0 aliphatic rings. The molecule has 0 saturated heterocycles. The third kappa shape index (κ3) is 4.04. The van der Waals surface area contributed by atoms with Crippen LogP contribution in [0.1, 0.15) is 24.3 Å². The van der Waals surface area contributed by atoms with Crippen LogP contribution in [-0.2, 0) is 16.1 Å². The first-order valence-corrected chi connectivity index (χ1v) is 10.1. The molecule has 11 heteroatoms. The zero-order valence-corrected chi connectivity index (χ0v) is 17.8.